The second-order valence-electron chi connectivity index (χ2n) is 5.41. The van der Waals surface area contributed by atoms with E-state index in [1.54, 1.807) is 13.3 Å². The molecular formula is C17H21N5O2. The molecule has 3 rings (SSSR count). The first-order valence-corrected chi connectivity index (χ1v) is 7.87. The lowest BCUT2D eigenvalue weighted by atomic mass is 10.2. The van der Waals surface area contributed by atoms with Crippen molar-refractivity contribution in [2.45, 2.75) is 6.92 Å². The number of hydrogen-bond acceptors (Lipinski definition) is 7. The molecule has 0 spiro atoms. The summed E-state index contributed by atoms with van der Waals surface area (Å²) in [5, 5.41) is 4.26. The van der Waals surface area contributed by atoms with Crippen LogP contribution < -0.4 is 15.1 Å². The van der Waals surface area contributed by atoms with Crippen LogP contribution in [0.15, 0.2) is 35.4 Å². The zero-order valence-corrected chi connectivity index (χ0v) is 13.9. The number of hydrazone groups is 1. The van der Waals surface area contributed by atoms with Crippen LogP contribution in [0.5, 0.6) is 5.75 Å². The normalized spacial score (nSPS) is 14.8. The average molecular weight is 327 g/mol. The van der Waals surface area contributed by atoms with Crippen LogP contribution in [0.4, 0.5) is 11.8 Å². The van der Waals surface area contributed by atoms with Crippen molar-refractivity contribution in [3.63, 3.8) is 0 Å². The first-order valence-electron chi connectivity index (χ1n) is 7.87. The van der Waals surface area contributed by atoms with Gasteiger partial charge in [0.15, 0.2) is 5.82 Å². The Bertz CT molecular complexity index is 714. The van der Waals surface area contributed by atoms with Gasteiger partial charge >= 0.3 is 0 Å². The molecule has 1 aliphatic rings. The van der Waals surface area contributed by atoms with Crippen molar-refractivity contribution in [2.75, 3.05) is 43.7 Å². The van der Waals surface area contributed by atoms with E-state index in [9.17, 15) is 0 Å². The van der Waals surface area contributed by atoms with E-state index in [2.05, 4.69) is 25.4 Å². The number of hydrogen-bond donors (Lipinski definition) is 1. The molecule has 0 saturated carbocycles. The molecule has 1 saturated heterocycles. The standard InChI is InChI=1S/C17H21N5O2/c1-13-11-16(20-17(19-13)22-7-9-24-10-8-22)21-18-12-14-5-3-4-6-15(14)23-2/h3-6,11-12H,7-10H2,1-2H3,(H,19,20,21)/b18-12-. The van der Waals surface area contributed by atoms with Crippen LogP contribution in [0.3, 0.4) is 0 Å². The lowest BCUT2D eigenvalue weighted by Gasteiger charge is -2.27. The molecule has 1 aliphatic heterocycles. The molecule has 0 unspecified atom stereocenters. The fourth-order valence-corrected chi connectivity index (χ4v) is 2.46. The van der Waals surface area contributed by atoms with Gasteiger partial charge in [-0.25, -0.2) is 4.98 Å². The first-order chi connectivity index (χ1) is 11.8. The predicted octanol–water partition coefficient (Wildman–Crippen LogP) is 2.08. The maximum Gasteiger partial charge on any atom is 0.227 e. The van der Waals surface area contributed by atoms with Crippen molar-refractivity contribution in [3.8, 4) is 5.75 Å². The summed E-state index contributed by atoms with van der Waals surface area (Å²) in [5.41, 5.74) is 4.75. The summed E-state index contributed by atoms with van der Waals surface area (Å²) in [6.45, 7) is 4.94. The summed E-state index contributed by atoms with van der Waals surface area (Å²) in [4.78, 5) is 11.1. The molecule has 7 heteroatoms. The molecule has 0 atom stereocenters. The molecule has 1 aromatic heterocycles. The van der Waals surface area contributed by atoms with E-state index >= 15 is 0 Å². The fourth-order valence-electron chi connectivity index (χ4n) is 2.46. The van der Waals surface area contributed by atoms with Gasteiger partial charge in [0.25, 0.3) is 0 Å². The number of methoxy groups -OCH3 is 1. The Morgan fingerprint density at radius 3 is 2.83 bits per heavy atom. The second-order valence-corrected chi connectivity index (χ2v) is 5.41. The molecule has 1 aromatic carbocycles. The Hall–Kier alpha value is -2.67. The van der Waals surface area contributed by atoms with Gasteiger partial charge in [0.1, 0.15) is 5.75 Å². The summed E-state index contributed by atoms with van der Waals surface area (Å²) in [6.07, 6.45) is 1.71. The van der Waals surface area contributed by atoms with Crippen LogP contribution in [-0.2, 0) is 4.74 Å². The van der Waals surface area contributed by atoms with Gasteiger partial charge in [0, 0.05) is 30.4 Å². The van der Waals surface area contributed by atoms with Gasteiger partial charge < -0.3 is 14.4 Å². The average Bonchev–Trinajstić information content (AvgIpc) is 2.62. The van der Waals surface area contributed by atoms with Gasteiger partial charge in [-0.3, -0.25) is 5.43 Å². The van der Waals surface area contributed by atoms with E-state index < -0.39 is 0 Å². The number of anilines is 2. The number of para-hydroxylation sites is 1. The van der Waals surface area contributed by atoms with Crippen molar-refractivity contribution in [3.05, 3.63) is 41.6 Å². The molecule has 1 fully saturated rings. The molecule has 7 nitrogen and oxygen atoms in total. The van der Waals surface area contributed by atoms with Crippen molar-refractivity contribution < 1.29 is 9.47 Å². The van der Waals surface area contributed by atoms with E-state index in [1.807, 2.05) is 37.3 Å². The van der Waals surface area contributed by atoms with Gasteiger partial charge in [-0.15, -0.1) is 0 Å². The smallest absolute Gasteiger partial charge is 0.227 e. The lowest BCUT2D eigenvalue weighted by molar-refractivity contribution is 0.122. The molecule has 0 bridgehead atoms. The topological polar surface area (TPSA) is 71.9 Å². The van der Waals surface area contributed by atoms with Crippen molar-refractivity contribution in [1.82, 2.24) is 9.97 Å². The van der Waals surface area contributed by atoms with Crippen molar-refractivity contribution in [2.24, 2.45) is 5.10 Å². The fraction of sp³-hybridized carbons (Fsp3) is 0.353. The Morgan fingerprint density at radius 2 is 2.04 bits per heavy atom. The van der Waals surface area contributed by atoms with Crippen LogP contribution in [0.25, 0.3) is 0 Å². The van der Waals surface area contributed by atoms with Gasteiger partial charge in [-0.1, -0.05) is 12.1 Å². The number of rotatable bonds is 5. The van der Waals surface area contributed by atoms with Crippen LogP contribution in [0, 0.1) is 6.92 Å². The van der Waals surface area contributed by atoms with Crippen LogP contribution in [-0.4, -0.2) is 49.6 Å². The molecule has 2 aromatic rings. The zero-order chi connectivity index (χ0) is 16.8. The highest BCUT2D eigenvalue weighted by molar-refractivity contribution is 5.83. The third kappa shape index (κ3) is 3.99. The maximum atomic E-state index is 5.37. The Kier molecular flexibility index (Phi) is 5.22. The summed E-state index contributed by atoms with van der Waals surface area (Å²) in [6, 6.07) is 9.56. The Morgan fingerprint density at radius 1 is 1.25 bits per heavy atom. The largest absolute Gasteiger partial charge is 0.496 e. The Balaban J connectivity index is 1.72. The molecular weight excluding hydrogens is 306 g/mol. The maximum absolute atomic E-state index is 5.37. The SMILES string of the molecule is COc1ccccc1/C=N\Nc1cc(C)nc(N2CCOCC2)n1. The summed E-state index contributed by atoms with van der Waals surface area (Å²) in [5.74, 6) is 2.14. The van der Waals surface area contributed by atoms with E-state index in [0.717, 1.165) is 30.1 Å². The zero-order valence-electron chi connectivity index (χ0n) is 13.9. The monoisotopic (exact) mass is 327 g/mol. The van der Waals surface area contributed by atoms with E-state index in [1.165, 1.54) is 0 Å². The van der Waals surface area contributed by atoms with Crippen molar-refractivity contribution in [1.29, 1.82) is 0 Å². The molecule has 0 radical (unpaired) electrons. The lowest BCUT2D eigenvalue weighted by Crippen LogP contribution is -2.37. The summed E-state index contributed by atoms with van der Waals surface area (Å²) >= 11 is 0. The number of morpholine rings is 1. The number of nitrogens with zero attached hydrogens (tertiary/aromatic N) is 4. The van der Waals surface area contributed by atoms with Crippen molar-refractivity contribution >= 4 is 18.0 Å². The minimum Gasteiger partial charge on any atom is -0.496 e. The Labute approximate surface area is 141 Å². The third-order valence-electron chi connectivity index (χ3n) is 3.66. The molecule has 2 heterocycles. The summed E-state index contributed by atoms with van der Waals surface area (Å²) < 4.78 is 10.7. The second kappa shape index (κ2) is 7.74. The van der Waals surface area contributed by atoms with Crippen LogP contribution >= 0.6 is 0 Å². The highest BCUT2D eigenvalue weighted by atomic mass is 16.5. The number of ether oxygens (including phenoxy) is 2. The van der Waals surface area contributed by atoms with Gasteiger partial charge in [0.05, 0.1) is 26.5 Å². The number of nitrogens with one attached hydrogen (secondary N) is 1. The van der Waals surface area contributed by atoms with Gasteiger partial charge in [0.2, 0.25) is 5.95 Å². The quantitative estimate of drug-likeness (QED) is 0.670. The number of benzene rings is 1. The first kappa shape index (κ1) is 16.2. The highest BCUT2D eigenvalue weighted by Gasteiger charge is 2.14. The molecule has 0 amide bonds. The third-order valence-corrected chi connectivity index (χ3v) is 3.66. The van der Waals surface area contributed by atoms with E-state index in [-0.39, 0.29) is 0 Å². The van der Waals surface area contributed by atoms with Gasteiger partial charge in [-0.05, 0) is 19.1 Å². The van der Waals surface area contributed by atoms with E-state index in [4.69, 9.17) is 9.47 Å². The van der Waals surface area contributed by atoms with E-state index in [0.29, 0.717) is 25.0 Å². The minimum absolute atomic E-state index is 0.662. The number of aryl methyl sites for hydroxylation is 1. The van der Waals surface area contributed by atoms with Crippen LogP contribution in [0.2, 0.25) is 0 Å². The molecule has 0 aliphatic carbocycles. The molecule has 1 N–H and O–H groups in total. The predicted molar refractivity (Wildman–Crippen MR) is 94.0 cm³/mol. The minimum atomic E-state index is 0.662. The van der Waals surface area contributed by atoms with Crippen LogP contribution in [0.1, 0.15) is 11.3 Å². The number of aromatic nitrogens is 2. The van der Waals surface area contributed by atoms with Gasteiger partial charge in [-0.2, -0.15) is 10.1 Å². The summed E-state index contributed by atoms with van der Waals surface area (Å²) in [7, 11) is 1.64. The highest BCUT2D eigenvalue weighted by Crippen LogP contribution is 2.16. The molecule has 24 heavy (non-hydrogen) atoms. The molecule has 126 valence electrons.